The summed E-state index contributed by atoms with van der Waals surface area (Å²) in [6.45, 7) is 0. The van der Waals surface area contributed by atoms with Crippen molar-refractivity contribution in [1.29, 1.82) is 0 Å². The summed E-state index contributed by atoms with van der Waals surface area (Å²) in [6.07, 6.45) is 1.31. The van der Waals surface area contributed by atoms with Gasteiger partial charge in [-0.15, -0.1) is 0 Å². The topological polar surface area (TPSA) is 100 Å². The van der Waals surface area contributed by atoms with Crippen molar-refractivity contribution in [2.75, 3.05) is 12.4 Å². The molecule has 3 N–H and O–H groups in total. The molecule has 0 radical (unpaired) electrons. The van der Waals surface area contributed by atoms with Crippen molar-refractivity contribution in [1.82, 2.24) is 10.3 Å². The number of hydrogen-bond acceptors (Lipinski definition) is 4. The maximum atomic E-state index is 12.9. The van der Waals surface area contributed by atoms with E-state index >= 15 is 0 Å². The third-order valence-corrected chi connectivity index (χ3v) is 4.07. The highest BCUT2D eigenvalue weighted by Gasteiger charge is 2.23. The van der Waals surface area contributed by atoms with Crippen molar-refractivity contribution in [2.24, 2.45) is 0 Å². The van der Waals surface area contributed by atoms with Crippen molar-refractivity contribution >= 4 is 17.5 Å². The Morgan fingerprint density at radius 3 is 2.29 bits per heavy atom. The molecule has 0 saturated carbocycles. The predicted molar refractivity (Wildman–Crippen MR) is 105 cm³/mol. The minimum Gasteiger partial charge on any atom is -0.497 e. The molecule has 1 aromatic heterocycles. The number of carbonyl (C=O) groups excluding carboxylic acids is 2. The van der Waals surface area contributed by atoms with Crippen molar-refractivity contribution in [2.45, 2.75) is 6.04 Å². The molecule has 0 aliphatic carbocycles. The SMILES string of the molecule is COc1ccc(NC(=O)[C@@H](NC(=O)c2ccc(=O)[nH]c2)c2ccccc2)cc1. The smallest absolute Gasteiger partial charge is 0.253 e. The molecule has 0 unspecified atom stereocenters. The normalized spacial score (nSPS) is 11.3. The summed E-state index contributed by atoms with van der Waals surface area (Å²) in [5.41, 5.74) is 1.14. The van der Waals surface area contributed by atoms with E-state index in [-0.39, 0.29) is 11.1 Å². The number of anilines is 1. The van der Waals surface area contributed by atoms with Crippen LogP contribution in [-0.2, 0) is 4.79 Å². The molecule has 3 aromatic rings. The number of ether oxygens (including phenoxy) is 1. The largest absolute Gasteiger partial charge is 0.497 e. The van der Waals surface area contributed by atoms with Crippen LogP contribution in [0.25, 0.3) is 0 Å². The molecule has 28 heavy (non-hydrogen) atoms. The zero-order chi connectivity index (χ0) is 19.9. The van der Waals surface area contributed by atoms with Gasteiger partial charge in [0, 0.05) is 18.0 Å². The number of pyridine rings is 1. The van der Waals surface area contributed by atoms with Crippen molar-refractivity contribution < 1.29 is 14.3 Å². The fourth-order valence-corrected chi connectivity index (χ4v) is 2.60. The molecule has 1 atom stereocenters. The summed E-state index contributed by atoms with van der Waals surface area (Å²) < 4.78 is 5.11. The first-order valence-electron chi connectivity index (χ1n) is 8.56. The molecule has 0 saturated heterocycles. The van der Waals surface area contributed by atoms with Crippen LogP contribution in [0, 0.1) is 0 Å². The van der Waals surface area contributed by atoms with Crippen molar-refractivity contribution in [3.63, 3.8) is 0 Å². The molecule has 0 fully saturated rings. The van der Waals surface area contributed by atoms with E-state index in [2.05, 4.69) is 15.6 Å². The van der Waals surface area contributed by atoms with Crippen LogP contribution in [0.5, 0.6) is 5.75 Å². The predicted octanol–water partition coefficient (Wildman–Crippen LogP) is 2.49. The molecular formula is C21H19N3O4. The Hall–Kier alpha value is -3.87. The van der Waals surface area contributed by atoms with E-state index in [0.717, 1.165) is 0 Å². The van der Waals surface area contributed by atoms with Gasteiger partial charge in [0.2, 0.25) is 5.56 Å². The number of aromatic nitrogens is 1. The van der Waals surface area contributed by atoms with Gasteiger partial charge in [0.15, 0.2) is 0 Å². The Morgan fingerprint density at radius 1 is 0.964 bits per heavy atom. The fourth-order valence-electron chi connectivity index (χ4n) is 2.60. The van der Waals surface area contributed by atoms with Gasteiger partial charge in [-0.1, -0.05) is 30.3 Å². The van der Waals surface area contributed by atoms with Crippen LogP contribution in [0.15, 0.2) is 77.7 Å². The minimum absolute atomic E-state index is 0.248. The molecular weight excluding hydrogens is 358 g/mol. The molecule has 2 amide bonds. The summed E-state index contributed by atoms with van der Waals surface area (Å²) in [7, 11) is 1.56. The second kappa shape index (κ2) is 8.68. The highest BCUT2D eigenvalue weighted by Crippen LogP contribution is 2.19. The lowest BCUT2D eigenvalue weighted by molar-refractivity contribution is -0.118. The van der Waals surface area contributed by atoms with Gasteiger partial charge in [0.1, 0.15) is 11.8 Å². The van der Waals surface area contributed by atoms with Crippen LogP contribution in [-0.4, -0.2) is 23.9 Å². The van der Waals surface area contributed by atoms with E-state index < -0.39 is 17.9 Å². The quantitative estimate of drug-likeness (QED) is 0.614. The third kappa shape index (κ3) is 4.64. The highest BCUT2D eigenvalue weighted by molar-refractivity contribution is 6.01. The molecule has 142 valence electrons. The summed E-state index contributed by atoms with van der Waals surface area (Å²) in [5.74, 6) is -0.201. The van der Waals surface area contributed by atoms with Gasteiger partial charge >= 0.3 is 0 Å². The Morgan fingerprint density at radius 2 is 1.68 bits per heavy atom. The molecule has 0 spiro atoms. The summed E-state index contributed by atoms with van der Waals surface area (Å²) in [6, 6.07) is 17.5. The van der Waals surface area contributed by atoms with Gasteiger partial charge in [-0.3, -0.25) is 14.4 Å². The molecule has 0 aliphatic rings. The van der Waals surface area contributed by atoms with Crippen LogP contribution in [0.2, 0.25) is 0 Å². The van der Waals surface area contributed by atoms with Crippen molar-refractivity contribution in [3.05, 3.63) is 94.4 Å². The zero-order valence-corrected chi connectivity index (χ0v) is 15.1. The molecule has 0 aliphatic heterocycles. The highest BCUT2D eigenvalue weighted by atomic mass is 16.5. The monoisotopic (exact) mass is 377 g/mol. The van der Waals surface area contributed by atoms with Gasteiger partial charge in [-0.2, -0.15) is 0 Å². The number of nitrogens with one attached hydrogen (secondary N) is 3. The number of aromatic amines is 1. The second-order valence-electron chi connectivity index (χ2n) is 5.98. The molecule has 7 nitrogen and oxygen atoms in total. The lowest BCUT2D eigenvalue weighted by Gasteiger charge is -2.19. The van der Waals surface area contributed by atoms with Crippen LogP contribution in [0.3, 0.4) is 0 Å². The molecule has 1 heterocycles. The van der Waals surface area contributed by atoms with Gasteiger partial charge in [-0.05, 0) is 35.9 Å². The van der Waals surface area contributed by atoms with E-state index in [1.807, 2.05) is 6.07 Å². The lowest BCUT2D eigenvalue weighted by Crippen LogP contribution is -2.37. The zero-order valence-electron chi connectivity index (χ0n) is 15.1. The number of carbonyl (C=O) groups is 2. The number of methoxy groups -OCH3 is 1. The average Bonchev–Trinajstić information content (AvgIpc) is 2.73. The number of amides is 2. The first-order valence-corrected chi connectivity index (χ1v) is 8.56. The van der Waals surface area contributed by atoms with E-state index in [0.29, 0.717) is 17.0 Å². The van der Waals surface area contributed by atoms with Crippen LogP contribution < -0.4 is 20.9 Å². The van der Waals surface area contributed by atoms with E-state index in [1.165, 1.54) is 18.3 Å². The van der Waals surface area contributed by atoms with Crippen LogP contribution in [0.4, 0.5) is 5.69 Å². The lowest BCUT2D eigenvalue weighted by atomic mass is 10.1. The summed E-state index contributed by atoms with van der Waals surface area (Å²) >= 11 is 0. The van der Waals surface area contributed by atoms with Crippen molar-refractivity contribution in [3.8, 4) is 5.75 Å². The maximum Gasteiger partial charge on any atom is 0.253 e. The number of rotatable bonds is 6. The summed E-state index contributed by atoms with van der Waals surface area (Å²) in [5, 5.41) is 5.50. The van der Waals surface area contributed by atoms with E-state index in [4.69, 9.17) is 4.74 Å². The standard InChI is InChI=1S/C21H19N3O4/c1-28-17-10-8-16(9-11-17)23-21(27)19(14-5-3-2-4-6-14)24-20(26)15-7-12-18(25)22-13-15/h2-13,19H,1H3,(H,22,25)(H,23,27)(H,24,26)/t19-/m0/s1. The molecule has 2 aromatic carbocycles. The molecule has 0 bridgehead atoms. The van der Waals surface area contributed by atoms with E-state index in [1.54, 1.807) is 55.6 Å². The summed E-state index contributed by atoms with van der Waals surface area (Å²) in [4.78, 5) is 39.1. The van der Waals surface area contributed by atoms with E-state index in [9.17, 15) is 14.4 Å². The Balaban J connectivity index is 1.81. The second-order valence-corrected chi connectivity index (χ2v) is 5.98. The first-order chi connectivity index (χ1) is 13.6. The van der Waals surface area contributed by atoms with Gasteiger partial charge in [0.05, 0.1) is 12.7 Å². The first kappa shape index (κ1) is 18.9. The Bertz CT molecular complexity index is 993. The Kier molecular flexibility index (Phi) is 5.86. The Labute approximate surface area is 161 Å². The van der Waals surface area contributed by atoms with Crippen LogP contribution in [0.1, 0.15) is 22.0 Å². The number of hydrogen-bond donors (Lipinski definition) is 3. The molecule has 3 rings (SSSR count). The van der Waals surface area contributed by atoms with Gasteiger partial charge in [-0.25, -0.2) is 0 Å². The number of H-pyrrole nitrogens is 1. The van der Waals surface area contributed by atoms with Gasteiger partial charge in [0.25, 0.3) is 11.8 Å². The maximum absolute atomic E-state index is 12.9. The van der Waals surface area contributed by atoms with Gasteiger partial charge < -0.3 is 20.4 Å². The average molecular weight is 377 g/mol. The van der Waals surface area contributed by atoms with Crippen LogP contribution >= 0.6 is 0 Å². The fraction of sp³-hybridized carbons (Fsp3) is 0.0952. The third-order valence-electron chi connectivity index (χ3n) is 4.07. The minimum atomic E-state index is -0.914. The number of benzene rings is 2. The molecule has 7 heteroatoms.